The van der Waals surface area contributed by atoms with E-state index in [9.17, 15) is 4.79 Å². The van der Waals surface area contributed by atoms with E-state index in [-0.39, 0.29) is 11.6 Å². The van der Waals surface area contributed by atoms with E-state index < -0.39 is 0 Å². The van der Waals surface area contributed by atoms with Crippen LogP contribution in [0.5, 0.6) is 0 Å². The first kappa shape index (κ1) is 15.0. The Bertz CT molecular complexity index is 703. The van der Waals surface area contributed by atoms with Gasteiger partial charge in [-0.05, 0) is 13.0 Å². The van der Waals surface area contributed by atoms with E-state index in [1.807, 2.05) is 12.3 Å². The molecule has 1 aliphatic rings. The first-order chi connectivity index (χ1) is 10.6. The third-order valence-electron chi connectivity index (χ3n) is 4.38. The van der Waals surface area contributed by atoms with E-state index in [1.165, 1.54) is 0 Å². The summed E-state index contributed by atoms with van der Waals surface area (Å²) < 4.78 is 4.01. The number of pyridine rings is 1. The van der Waals surface area contributed by atoms with Gasteiger partial charge in [-0.1, -0.05) is 19.9 Å². The monoisotopic (exact) mass is 301 g/mol. The first-order valence-corrected chi connectivity index (χ1v) is 7.90. The van der Waals surface area contributed by atoms with Crippen LogP contribution < -0.4 is 5.56 Å². The summed E-state index contributed by atoms with van der Waals surface area (Å²) in [6.45, 7) is 9.89. The molecule has 3 rings (SSSR count). The summed E-state index contributed by atoms with van der Waals surface area (Å²) in [6, 6.07) is 5.50. The van der Waals surface area contributed by atoms with Crippen molar-refractivity contribution in [2.45, 2.75) is 45.8 Å². The van der Waals surface area contributed by atoms with Crippen molar-refractivity contribution in [2.24, 2.45) is 0 Å². The maximum atomic E-state index is 11.8. The minimum absolute atomic E-state index is 0.0532. The molecule has 1 unspecified atom stereocenters. The Morgan fingerprint density at radius 2 is 2.05 bits per heavy atom. The van der Waals surface area contributed by atoms with Gasteiger partial charge in [0.1, 0.15) is 11.6 Å². The highest BCUT2D eigenvalue weighted by Crippen LogP contribution is 2.26. The van der Waals surface area contributed by atoms with Crippen LogP contribution in [0.3, 0.4) is 0 Å². The highest BCUT2D eigenvalue weighted by Gasteiger charge is 2.28. The summed E-state index contributed by atoms with van der Waals surface area (Å²) >= 11 is 0. The van der Waals surface area contributed by atoms with E-state index in [0.717, 1.165) is 31.3 Å². The van der Waals surface area contributed by atoms with E-state index in [1.54, 1.807) is 16.7 Å². The van der Waals surface area contributed by atoms with Gasteiger partial charge < -0.3 is 9.13 Å². The molecule has 6 heteroatoms. The van der Waals surface area contributed by atoms with Crippen LogP contribution in [0.4, 0.5) is 0 Å². The molecule has 0 saturated carbocycles. The Kier molecular flexibility index (Phi) is 4.11. The van der Waals surface area contributed by atoms with Gasteiger partial charge in [-0.3, -0.25) is 9.69 Å². The molecule has 1 aliphatic heterocycles. The van der Waals surface area contributed by atoms with Crippen LogP contribution in [0.2, 0.25) is 0 Å². The Labute approximate surface area is 130 Å². The van der Waals surface area contributed by atoms with Gasteiger partial charge in [0.05, 0.1) is 6.04 Å². The number of rotatable bonds is 4. The number of hydrogen-bond acceptors (Lipinski definition) is 4. The van der Waals surface area contributed by atoms with Crippen molar-refractivity contribution < 1.29 is 0 Å². The van der Waals surface area contributed by atoms with Gasteiger partial charge in [-0.25, -0.2) is 0 Å². The number of fused-ring (bicyclic) bond motifs is 1. The lowest BCUT2D eigenvalue weighted by atomic mass is 10.1. The van der Waals surface area contributed by atoms with Crippen LogP contribution in [0.1, 0.15) is 44.4 Å². The SMILES string of the molecule is CC(C)c1nnc2n1CCN(CCn1ccccc1=O)C2C. The Morgan fingerprint density at radius 3 is 2.77 bits per heavy atom. The highest BCUT2D eigenvalue weighted by atomic mass is 16.1. The molecule has 1 atom stereocenters. The largest absolute Gasteiger partial charge is 0.314 e. The Balaban J connectivity index is 1.72. The lowest BCUT2D eigenvalue weighted by Gasteiger charge is -2.34. The summed E-state index contributed by atoms with van der Waals surface area (Å²) in [6.07, 6.45) is 1.84. The molecule has 0 aliphatic carbocycles. The molecule has 3 heterocycles. The third kappa shape index (κ3) is 2.70. The second-order valence-electron chi connectivity index (χ2n) is 6.17. The molecule has 0 N–H and O–H groups in total. The molecule has 118 valence electrons. The molecule has 0 fully saturated rings. The maximum absolute atomic E-state index is 11.8. The third-order valence-corrected chi connectivity index (χ3v) is 4.38. The quantitative estimate of drug-likeness (QED) is 0.861. The van der Waals surface area contributed by atoms with Crippen molar-refractivity contribution in [3.63, 3.8) is 0 Å². The Morgan fingerprint density at radius 1 is 1.23 bits per heavy atom. The van der Waals surface area contributed by atoms with Crippen molar-refractivity contribution in [3.05, 3.63) is 46.4 Å². The molecule has 0 saturated heterocycles. The maximum Gasteiger partial charge on any atom is 0.250 e. The number of nitrogens with zero attached hydrogens (tertiary/aromatic N) is 5. The predicted octanol–water partition coefficient (Wildman–Crippen LogP) is 1.64. The highest BCUT2D eigenvalue weighted by molar-refractivity contribution is 5.06. The normalized spacial score (nSPS) is 18.6. The molecular weight excluding hydrogens is 278 g/mol. The average Bonchev–Trinajstić information content (AvgIpc) is 2.93. The van der Waals surface area contributed by atoms with Gasteiger partial charge in [0.2, 0.25) is 0 Å². The average molecular weight is 301 g/mol. The second kappa shape index (κ2) is 6.04. The molecule has 2 aromatic heterocycles. The van der Waals surface area contributed by atoms with E-state index in [2.05, 4.69) is 40.4 Å². The number of hydrogen-bond donors (Lipinski definition) is 0. The van der Waals surface area contributed by atoms with Crippen LogP contribution in [0.15, 0.2) is 29.2 Å². The Hall–Kier alpha value is -1.95. The topological polar surface area (TPSA) is 56.0 Å². The van der Waals surface area contributed by atoms with Crippen LogP contribution in [0, 0.1) is 0 Å². The van der Waals surface area contributed by atoms with Gasteiger partial charge in [0, 0.05) is 44.4 Å². The molecule has 0 bridgehead atoms. The lowest BCUT2D eigenvalue weighted by molar-refractivity contribution is 0.156. The van der Waals surface area contributed by atoms with Crippen LogP contribution in [-0.2, 0) is 13.1 Å². The molecule has 0 spiro atoms. The fourth-order valence-corrected chi connectivity index (χ4v) is 3.07. The number of aromatic nitrogens is 4. The smallest absolute Gasteiger partial charge is 0.250 e. The van der Waals surface area contributed by atoms with Crippen molar-refractivity contribution in [1.82, 2.24) is 24.2 Å². The van der Waals surface area contributed by atoms with Crippen LogP contribution >= 0.6 is 0 Å². The standard InChI is InChI=1S/C16H23N5O/c1-12(2)15-17-18-16-13(3)19(10-11-21(15)16)8-9-20-7-5-4-6-14(20)22/h4-7,12-13H,8-11H2,1-3H3. The van der Waals surface area contributed by atoms with Crippen LogP contribution in [-0.4, -0.2) is 37.3 Å². The zero-order valence-electron chi connectivity index (χ0n) is 13.4. The molecular formula is C16H23N5O. The van der Waals surface area contributed by atoms with Crippen molar-refractivity contribution in [1.29, 1.82) is 0 Å². The van der Waals surface area contributed by atoms with Gasteiger partial charge >= 0.3 is 0 Å². The summed E-state index contributed by atoms with van der Waals surface area (Å²) in [4.78, 5) is 14.1. The minimum Gasteiger partial charge on any atom is -0.314 e. The molecule has 0 radical (unpaired) electrons. The zero-order chi connectivity index (χ0) is 15.7. The summed E-state index contributed by atoms with van der Waals surface area (Å²) in [5, 5.41) is 8.73. The predicted molar refractivity (Wildman–Crippen MR) is 84.8 cm³/mol. The molecule has 0 aromatic carbocycles. The van der Waals surface area contributed by atoms with E-state index >= 15 is 0 Å². The van der Waals surface area contributed by atoms with E-state index in [0.29, 0.717) is 12.5 Å². The fourth-order valence-electron chi connectivity index (χ4n) is 3.07. The molecule has 22 heavy (non-hydrogen) atoms. The fraction of sp³-hybridized carbons (Fsp3) is 0.562. The van der Waals surface area contributed by atoms with E-state index in [4.69, 9.17) is 0 Å². The first-order valence-electron chi connectivity index (χ1n) is 7.90. The zero-order valence-corrected chi connectivity index (χ0v) is 13.4. The van der Waals surface area contributed by atoms with Crippen LogP contribution in [0.25, 0.3) is 0 Å². The second-order valence-corrected chi connectivity index (χ2v) is 6.17. The van der Waals surface area contributed by atoms with Gasteiger partial charge in [-0.15, -0.1) is 10.2 Å². The summed E-state index contributed by atoms with van der Waals surface area (Å²) in [5.74, 6) is 2.50. The van der Waals surface area contributed by atoms with Crippen molar-refractivity contribution in [3.8, 4) is 0 Å². The van der Waals surface area contributed by atoms with Gasteiger partial charge in [0.15, 0.2) is 0 Å². The summed E-state index contributed by atoms with van der Waals surface area (Å²) in [5.41, 5.74) is 0.0532. The minimum atomic E-state index is 0.0532. The summed E-state index contributed by atoms with van der Waals surface area (Å²) in [7, 11) is 0. The van der Waals surface area contributed by atoms with Gasteiger partial charge in [-0.2, -0.15) is 0 Å². The van der Waals surface area contributed by atoms with Crippen molar-refractivity contribution >= 4 is 0 Å². The molecule has 2 aromatic rings. The molecule has 0 amide bonds. The van der Waals surface area contributed by atoms with Gasteiger partial charge in [0.25, 0.3) is 5.56 Å². The molecule has 6 nitrogen and oxygen atoms in total. The lowest BCUT2D eigenvalue weighted by Crippen LogP contribution is -2.40. The van der Waals surface area contributed by atoms with Crippen molar-refractivity contribution in [2.75, 3.05) is 13.1 Å².